The molecule has 8 nitrogen and oxygen atoms in total. The van der Waals surface area contributed by atoms with Gasteiger partial charge in [0.2, 0.25) is 0 Å². The van der Waals surface area contributed by atoms with Crippen molar-refractivity contribution in [1.82, 2.24) is 0 Å². The minimum Gasteiger partial charge on any atom is -0.550 e. The zero-order valence-electron chi connectivity index (χ0n) is 28.7. The van der Waals surface area contributed by atoms with E-state index in [2.05, 4.69) is 41.5 Å². The van der Waals surface area contributed by atoms with Crippen molar-refractivity contribution in [1.29, 1.82) is 0 Å². The average Bonchev–Trinajstić information content (AvgIpc) is 2.91. The number of carbonyl (C=O) groups is 2. The van der Waals surface area contributed by atoms with E-state index in [9.17, 15) is 10.2 Å². The summed E-state index contributed by atoms with van der Waals surface area (Å²) in [6, 6.07) is 20.0. The van der Waals surface area contributed by atoms with Crippen LogP contribution in [0.2, 0.25) is 0 Å². The van der Waals surface area contributed by atoms with Crippen LogP contribution in [0.15, 0.2) is 70.6 Å². The molecular formula is C38H44CoN2O6. The van der Waals surface area contributed by atoms with Gasteiger partial charge in [-0.05, 0) is 84.7 Å². The number of aromatic hydroxyl groups is 2. The average molecular weight is 684 g/mol. The maximum absolute atomic E-state index is 11.0. The number of aryl methyl sites for hydroxylation is 2. The standard InChI is InChI=1S/C34H38N2O2.2C2H4O2.Co/c1-21-13-25(31(37)27(15-21)33(3,4)5)19-35-29-17-23-11-9-10-12-24(23)18-30(29)36-20-26-14-22(2)16-28(32(26)38)34(6,7)8;2*1-2(3)4;/h9-20,37-38H,1-8H3;2*1H3,(H,3,4);/q;;;+2/p-2. The summed E-state index contributed by atoms with van der Waals surface area (Å²) in [4.78, 5) is 27.4. The molecule has 0 aliphatic carbocycles. The number of hydrogen-bond donors (Lipinski definition) is 2. The molecule has 0 heterocycles. The first-order valence-electron chi connectivity index (χ1n) is 14.8. The van der Waals surface area contributed by atoms with E-state index >= 15 is 0 Å². The van der Waals surface area contributed by atoms with E-state index in [1.807, 2.05) is 74.5 Å². The Morgan fingerprint density at radius 1 is 0.638 bits per heavy atom. The number of carboxylic acid groups (broad SMARTS) is 2. The summed E-state index contributed by atoms with van der Waals surface area (Å²) in [5, 5.41) is 41.9. The number of phenolic OH excluding ortho intramolecular Hbond substituents is 2. The first kappa shape index (κ1) is 40.6. The number of carbonyl (C=O) groups excluding carboxylic acids is 2. The Labute approximate surface area is 288 Å². The van der Waals surface area contributed by atoms with Gasteiger partial charge in [-0.3, -0.25) is 9.98 Å². The van der Waals surface area contributed by atoms with Crippen LogP contribution in [-0.4, -0.2) is 34.6 Å². The molecule has 0 unspecified atom stereocenters. The van der Waals surface area contributed by atoms with Crippen molar-refractivity contribution in [3.8, 4) is 11.5 Å². The largest absolute Gasteiger partial charge is 2.00 e. The van der Waals surface area contributed by atoms with Crippen molar-refractivity contribution in [2.45, 2.75) is 80.1 Å². The molecule has 1 radical (unpaired) electrons. The number of nitrogens with zero attached hydrogens (tertiary/aromatic N) is 2. The van der Waals surface area contributed by atoms with Crippen molar-refractivity contribution < 1.29 is 46.8 Å². The fraction of sp³-hybridized carbons (Fsp3) is 0.316. The van der Waals surface area contributed by atoms with Crippen LogP contribution in [0, 0.1) is 13.8 Å². The number of rotatable bonds is 4. The number of phenols is 2. The molecule has 0 atom stereocenters. The minimum absolute atomic E-state index is 0. The third-order valence-electron chi connectivity index (χ3n) is 6.71. The van der Waals surface area contributed by atoms with Gasteiger partial charge in [-0.2, -0.15) is 0 Å². The second kappa shape index (κ2) is 16.9. The van der Waals surface area contributed by atoms with Gasteiger partial charge in [0.25, 0.3) is 0 Å². The molecule has 9 heteroatoms. The molecule has 0 bridgehead atoms. The predicted octanol–water partition coefficient (Wildman–Crippen LogP) is 6.47. The Morgan fingerprint density at radius 3 is 1.21 bits per heavy atom. The van der Waals surface area contributed by atoms with Gasteiger partial charge >= 0.3 is 16.8 Å². The van der Waals surface area contributed by atoms with Gasteiger partial charge in [0, 0.05) is 46.6 Å². The number of aliphatic imine (C=N–C) groups is 2. The zero-order chi connectivity index (χ0) is 35.0. The molecule has 0 saturated carbocycles. The Kier molecular flexibility index (Phi) is 14.6. The fourth-order valence-corrected chi connectivity index (χ4v) is 4.66. The topological polar surface area (TPSA) is 145 Å². The Bertz CT molecular complexity index is 1640. The summed E-state index contributed by atoms with van der Waals surface area (Å²) in [5.74, 6) is -1.67. The van der Waals surface area contributed by atoms with Crippen LogP contribution in [-0.2, 0) is 37.2 Å². The van der Waals surface area contributed by atoms with E-state index in [4.69, 9.17) is 29.8 Å². The SMILES string of the molecule is CC(=O)[O-].CC(=O)[O-].Cc1cc(C=Nc2cc3ccccc3cc2N=Cc2cc(C)cc(C(C)(C)C)c2O)c(O)c(C(C)(C)C)c1.[Co+2]. The summed E-state index contributed by atoms with van der Waals surface area (Å²) < 4.78 is 0. The molecule has 47 heavy (non-hydrogen) atoms. The fourth-order valence-electron chi connectivity index (χ4n) is 4.66. The van der Waals surface area contributed by atoms with Crippen molar-refractivity contribution in [2.75, 3.05) is 0 Å². The summed E-state index contributed by atoms with van der Waals surface area (Å²) >= 11 is 0. The van der Waals surface area contributed by atoms with E-state index in [1.54, 1.807) is 12.4 Å². The Morgan fingerprint density at radius 2 is 0.936 bits per heavy atom. The normalized spacial score (nSPS) is 11.4. The van der Waals surface area contributed by atoms with Crippen LogP contribution in [0.3, 0.4) is 0 Å². The van der Waals surface area contributed by atoms with E-state index in [-0.39, 0.29) is 39.1 Å². The number of carboxylic acids is 2. The van der Waals surface area contributed by atoms with Gasteiger partial charge in [-0.15, -0.1) is 0 Å². The van der Waals surface area contributed by atoms with E-state index in [1.165, 1.54) is 0 Å². The number of benzene rings is 4. The second-order valence-electron chi connectivity index (χ2n) is 13.2. The van der Waals surface area contributed by atoms with E-state index < -0.39 is 11.9 Å². The summed E-state index contributed by atoms with van der Waals surface area (Å²) in [6.07, 6.45) is 3.42. The summed E-state index contributed by atoms with van der Waals surface area (Å²) in [5.41, 5.74) is 6.22. The molecule has 0 amide bonds. The smallest absolute Gasteiger partial charge is 0.550 e. The van der Waals surface area contributed by atoms with Gasteiger partial charge in [-0.1, -0.05) is 77.9 Å². The maximum atomic E-state index is 11.0. The van der Waals surface area contributed by atoms with E-state index in [0.717, 1.165) is 46.9 Å². The van der Waals surface area contributed by atoms with Crippen molar-refractivity contribution in [3.63, 3.8) is 0 Å². The van der Waals surface area contributed by atoms with Gasteiger partial charge in [0.15, 0.2) is 0 Å². The summed E-state index contributed by atoms with van der Waals surface area (Å²) in [6.45, 7) is 18.5. The van der Waals surface area contributed by atoms with Crippen LogP contribution in [0.5, 0.6) is 11.5 Å². The van der Waals surface area contributed by atoms with Gasteiger partial charge in [0.1, 0.15) is 11.5 Å². The monoisotopic (exact) mass is 683 g/mol. The van der Waals surface area contributed by atoms with Crippen LogP contribution < -0.4 is 10.2 Å². The van der Waals surface area contributed by atoms with Gasteiger partial charge in [-0.25, -0.2) is 0 Å². The molecule has 251 valence electrons. The van der Waals surface area contributed by atoms with Crippen molar-refractivity contribution >= 4 is 46.5 Å². The van der Waals surface area contributed by atoms with Gasteiger partial charge in [0.05, 0.1) is 11.4 Å². The molecule has 4 aromatic carbocycles. The third-order valence-corrected chi connectivity index (χ3v) is 6.71. The number of fused-ring (bicyclic) bond motifs is 1. The first-order chi connectivity index (χ1) is 21.2. The van der Waals surface area contributed by atoms with Crippen LogP contribution in [0.25, 0.3) is 10.8 Å². The minimum atomic E-state index is -1.08. The van der Waals surface area contributed by atoms with Crippen molar-refractivity contribution in [2.24, 2.45) is 9.98 Å². The molecule has 0 saturated heterocycles. The Balaban J connectivity index is 0.00000110. The molecule has 4 rings (SSSR count). The van der Waals surface area contributed by atoms with Crippen LogP contribution in [0.4, 0.5) is 11.4 Å². The number of aliphatic carboxylic acids is 2. The number of hydrogen-bond acceptors (Lipinski definition) is 8. The molecule has 0 aliphatic rings. The first-order valence-corrected chi connectivity index (χ1v) is 14.8. The quantitative estimate of drug-likeness (QED) is 0.236. The van der Waals surface area contributed by atoms with E-state index in [0.29, 0.717) is 22.5 Å². The second-order valence-corrected chi connectivity index (χ2v) is 13.2. The van der Waals surface area contributed by atoms with Crippen LogP contribution in [0.1, 0.15) is 88.8 Å². The molecule has 2 N–H and O–H groups in total. The molecule has 0 aromatic heterocycles. The molecule has 0 aliphatic heterocycles. The third kappa shape index (κ3) is 12.3. The summed E-state index contributed by atoms with van der Waals surface area (Å²) in [7, 11) is 0. The molecular weight excluding hydrogens is 639 g/mol. The predicted molar refractivity (Wildman–Crippen MR) is 183 cm³/mol. The Hall–Kier alpha value is -4.47. The molecule has 0 spiro atoms. The zero-order valence-corrected chi connectivity index (χ0v) is 29.7. The van der Waals surface area contributed by atoms with Crippen molar-refractivity contribution in [3.05, 3.63) is 94.0 Å². The molecule has 4 aromatic rings. The van der Waals surface area contributed by atoms with Gasteiger partial charge < -0.3 is 30.0 Å². The molecule has 0 fully saturated rings. The maximum Gasteiger partial charge on any atom is 2.00 e. The van der Waals surface area contributed by atoms with Crippen LogP contribution >= 0.6 is 0 Å².